The predicted molar refractivity (Wildman–Crippen MR) is 116 cm³/mol. The number of likely N-dealkylation sites (tertiary alicyclic amines) is 2. The van der Waals surface area contributed by atoms with Gasteiger partial charge in [-0.2, -0.15) is 0 Å². The van der Waals surface area contributed by atoms with Crippen LogP contribution in [0.3, 0.4) is 0 Å². The maximum atomic E-state index is 12.7. The lowest BCUT2D eigenvalue weighted by molar-refractivity contribution is -0.127. The van der Waals surface area contributed by atoms with Crippen molar-refractivity contribution in [2.24, 2.45) is 11.8 Å². The first-order valence-electron chi connectivity index (χ1n) is 11.9. The smallest absolute Gasteiger partial charge is 0.224 e. The van der Waals surface area contributed by atoms with Gasteiger partial charge in [0.1, 0.15) is 0 Å². The fourth-order valence-corrected chi connectivity index (χ4v) is 5.58. The molecule has 1 unspecified atom stereocenters. The Morgan fingerprint density at radius 2 is 1.76 bits per heavy atom. The summed E-state index contributed by atoms with van der Waals surface area (Å²) in [6.07, 6.45) is 15.1. The molecule has 1 saturated carbocycles. The average molecular weight is 399 g/mol. The molecule has 3 heterocycles. The van der Waals surface area contributed by atoms with Crippen molar-refractivity contribution in [1.82, 2.24) is 20.1 Å². The summed E-state index contributed by atoms with van der Waals surface area (Å²) in [7, 11) is 0. The topological polar surface area (TPSA) is 48.5 Å². The van der Waals surface area contributed by atoms with Crippen LogP contribution in [-0.2, 0) is 11.3 Å². The molecule has 1 N–H and O–H groups in total. The van der Waals surface area contributed by atoms with Crippen molar-refractivity contribution in [3.05, 3.63) is 30.1 Å². The van der Waals surface area contributed by atoms with Crippen LogP contribution >= 0.6 is 0 Å². The van der Waals surface area contributed by atoms with Gasteiger partial charge in [0.15, 0.2) is 0 Å². The van der Waals surface area contributed by atoms with Crippen LogP contribution in [0.15, 0.2) is 24.5 Å². The van der Waals surface area contributed by atoms with E-state index in [0.717, 1.165) is 51.5 Å². The van der Waals surface area contributed by atoms with Gasteiger partial charge in [0, 0.05) is 38.1 Å². The lowest BCUT2D eigenvalue weighted by atomic mass is 9.93. The fraction of sp³-hybridized carbons (Fsp3) is 0.750. The summed E-state index contributed by atoms with van der Waals surface area (Å²) in [5.41, 5.74) is 1.35. The number of nitrogens with one attached hydrogen (secondary N) is 1. The highest BCUT2D eigenvalue weighted by molar-refractivity contribution is 5.78. The SMILES string of the molecule is O=C(NCCC1CCCC1)C1CCCN(C2CCN(Cc3ccncc3)CC2)C1. The summed E-state index contributed by atoms with van der Waals surface area (Å²) in [5.74, 6) is 1.36. The summed E-state index contributed by atoms with van der Waals surface area (Å²) in [4.78, 5) is 22.0. The first-order valence-corrected chi connectivity index (χ1v) is 11.9. The molecule has 29 heavy (non-hydrogen) atoms. The Balaban J connectivity index is 1.18. The minimum atomic E-state index is 0.196. The van der Waals surface area contributed by atoms with Gasteiger partial charge < -0.3 is 5.32 Å². The van der Waals surface area contributed by atoms with Crippen LogP contribution in [0.1, 0.15) is 63.4 Å². The van der Waals surface area contributed by atoms with Crippen LogP contribution in [-0.4, -0.2) is 59.5 Å². The third-order valence-corrected chi connectivity index (χ3v) is 7.38. The van der Waals surface area contributed by atoms with Crippen molar-refractivity contribution in [3.8, 4) is 0 Å². The Kier molecular flexibility index (Phi) is 7.55. The number of carbonyl (C=O) groups is 1. The highest BCUT2D eigenvalue weighted by atomic mass is 16.1. The molecule has 3 fully saturated rings. The molecule has 1 amide bonds. The van der Waals surface area contributed by atoms with Gasteiger partial charge in [-0.05, 0) is 75.4 Å². The van der Waals surface area contributed by atoms with Crippen molar-refractivity contribution >= 4 is 5.91 Å². The zero-order chi connectivity index (χ0) is 19.9. The number of piperidine rings is 2. The Labute approximate surface area is 176 Å². The molecule has 160 valence electrons. The monoisotopic (exact) mass is 398 g/mol. The number of amides is 1. The zero-order valence-corrected chi connectivity index (χ0v) is 17.9. The molecule has 1 aromatic rings. The van der Waals surface area contributed by atoms with Crippen LogP contribution in [0, 0.1) is 11.8 Å². The van der Waals surface area contributed by atoms with E-state index in [4.69, 9.17) is 0 Å². The second-order valence-electron chi connectivity index (χ2n) is 9.43. The number of carbonyl (C=O) groups excluding carboxylic acids is 1. The Morgan fingerprint density at radius 3 is 2.52 bits per heavy atom. The van der Waals surface area contributed by atoms with E-state index in [0.29, 0.717) is 11.9 Å². The van der Waals surface area contributed by atoms with Crippen molar-refractivity contribution in [2.75, 3.05) is 32.7 Å². The van der Waals surface area contributed by atoms with Crippen molar-refractivity contribution in [1.29, 1.82) is 0 Å². The standard InChI is InChI=1S/C24H38N4O/c29-24(26-14-9-20-4-1-2-5-20)22-6-3-15-28(19-22)23-10-16-27(17-11-23)18-21-7-12-25-13-8-21/h7-8,12-13,20,22-23H,1-6,9-11,14-19H2,(H,26,29). The molecular weight excluding hydrogens is 360 g/mol. The quantitative estimate of drug-likeness (QED) is 0.764. The van der Waals surface area contributed by atoms with E-state index in [1.165, 1.54) is 57.1 Å². The fourth-order valence-electron chi connectivity index (χ4n) is 5.58. The van der Waals surface area contributed by atoms with Crippen LogP contribution in [0.25, 0.3) is 0 Å². The molecule has 5 heteroatoms. The van der Waals surface area contributed by atoms with Crippen LogP contribution in [0.5, 0.6) is 0 Å². The number of hydrogen-bond acceptors (Lipinski definition) is 4. The predicted octanol–water partition coefficient (Wildman–Crippen LogP) is 3.45. The summed E-state index contributed by atoms with van der Waals surface area (Å²) in [6.45, 7) is 6.35. The van der Waals surface area contributed by atoms with Crippen molar-refractivity contribution in [3.63, 3.8) is 0 Å². The van der Waals surface area contributed by atoms with Crippen molar-refractivity contribution < 1.29 is 4.79 Å². The van der Waals surface area contributed by atoms with E-state index in [9.17, 15) is 4.79 Å². The Hall–Kier alpha value is -1.46. The number of rotatable bonds is 7. The minimum absolute atomic E-state index is 0.196. The molecule has 0 bridgehead atoms. The molecule has 5 nitrogen and oxygen atoms in total. The van der Waals surface area contributed by atoms with Gasteiger partial charge in [0.25, 0.3) is 0 Å². The molecule has 4 rings (SSSR count). The first kappa shape index (κ1) is 20.8. The number of pyridine rings is 1. The van der Waals surface area contributed by atoms with Gasteiger partial charge in [0.05, 0.1) is 5.92 Å². The molecule has 1 aliphatic carbocycles. The number of aromatic nitrogens is 1. The van der Waals surface area contributed by atoms with Gasteiger partial charge in [-0.15, -0.1) is 0 Å². The maximum absolute atomic E-state index is 12.7. The van der Waals surface area contributed by atoms with E-state index in [1.54, 1.807) is 0 Å². The third-order valence-electron chi connectivity index (χ3n) is 7.38. The van der Waals surface area contributed by atoms with Crippen molar-refractivity contribution in [2.45, 2.75) is 70.4 Å². The Bertz CT molecular complexity index is 623. The van der Waals surface area contributed by atoms with Crippen LogP contribution in [0.2, 0.25) is 0 Å². The molecule has 2 aliphatic heterocycles. The van der Waals surface area contributed by atoms with Gasteiger partial charge in [-0.1, -0.05) is 25.7 Å². The second-order valence-corrected chi connectivity index (χ2v) is 9.43. The number of hydrogen-bond donors (Lipinski definition) is 1. The third kappa shape index (κ3) is 6.02. The Morgan fingerprint density at radius 1 is 1.00 bits per heavy atom. The average Bonchev–Trinajstić information content (AvgIpc) is 3.29. The van der Waals surface area contributed by atoms with Gasteiger partial charge in [-0.3, -0.25) is 19.6 Å². The van der Waals surface area contributed by atoms with E-state index in [-0.39, 0.29) is 5.92 Å². The highest BCUT2D eigenvalue weighted by Gasteiger charge is 2.31. The van der Waals surface area contributed by atoms with Gasteiger partial charge in [-0.25, -0.2) is 0 Å². The normalized spacial score (nSPS) is 25.3. The molecule has 1 atom stereocenters. The summed E-state index contributed by atoms with van der Waals surface area (Å²) >= 11 is 0. The second kappa shape index (κ2) is 10.5. The highest BCUT2D eigenvalue weighted by Crippen LogP contribution is 2.27. The largest absolute Gasteiger partial charge is 0.356 e. The molecule has 0 radical (unpaired) electrons. The van der Waals surface area contributed by atoms with Crippen LogP contribution < -0.4 is 5.32 Å². The minimum Gasteiger partial charge on any atom is -0.356 e. The molecule has 0 spiro atoms. The molecule has 3 aliphatic rings. The maximum Gasteiger partial charge on any atom is 0.224 e. The molecule has 2 saturated heterocycles. The number of nitrogens with zero attached hydrogens (tertiary/aromatic N) is 3. The van der Waals surface area contributed by atoms with Gasteiger partial charge in [0.2, 0.25) is 5.91 Å². The van der Waals surface area contributed by atoms with E-state index in [1.807, 2.05) is 12.4 Å². The summed E-state index contributed by atoms with van der Waals surface area (Å²) in [6, 6.07) is 4.89. The zero-order valence-electron chi connectivity index (χ0n) is 17.9. The van der Waals surface area contributed by atoms with E-state index < -0.39 is 0 Å². The van der Waals surface area contributed by atoms with Crippen LogP contribution in [0.4, 0.5) is 0 Å². The van der Waals surface area contributed by atoms with E-state index >= 15 is 0 Å². The van der Waals surface area contributed by atoms with E-state index in [2.05, 4.69) is 32.2 Å². The lowest BCUT2D eigenvalue weighted by Gasteiger charge is -2.42. The molecule has 1 aromatic heterocycles. The summed E-state index contributed by atoms with van der Waals surface area (Å²) in [5, 5.41) is 3.26. The van der Waals surface area contributed by atoms with Gasteiger partial charge >= 0.3 is 0 Å². The molecule has 0 aromatic carbocycles. The lowest BCUT2D eigenvalue weighted by Crippen LogP contribution is -2.50. The molecular formula is C24H38N4O. The first-order chi connectivity index (χ1) is 14.3. The summed E-state index contributed by atoms with van der Waals surface area (Å²) < 4.78 is 0.